The lowest BCUT2D eigenvalue weighted by atomic mass is 9.98. The summed E-state index contributed by atoms with van der Waals surface area (Å²) in [6.45, 7) is 4.59. The van der Waals surface area contributed by atoms with Crippen LogP contribution < -0.4 is 16.0 Å². The van der Waals surface area contributed by atoms with Gasteiger partial charge in [0.25, 0.3) is 5.91 Å². The summed E-state index contributed by atoms with van der Waals surface area (Å²) in [4.78, 5) is 18.6. The van der Waals surface area contributed by atoms with E-state index < -0.39 is 0 Å². The molecule has 1 aliphatic rings. The largest absolute Gasteiger partial charge is 0.369 e. The smallest absolute Gasteiger partial charge is 0.251 e. The molecule has 122 valence electrons. The summed E-state index contributed by atoms with van der Waals surface area (Å²) < 4.78 is 0. The molecule has 1 amide bonds. The highest BCUT2D eigenvalue weighted by Gasteiger charge is 2.14. The Morgan fingerprint density at radius 1 is 1.41 bits per heavy atom. The van der Waals surface area contributed by atoms with Crippen molar-refractivity contribution in [2.75, 3.05) is 52.1 Å². The third kappa shape index (κ3) is 5.61. The number of anilines is 1. The van der Waals surface area contributed by atoms with Gasteiger partial charge in [-0.05, 0) is 58.1 Å². The third-order valence-corrected chi connectivity index (χ3v) is 3.90. The second-order valence-corrected chi connectivity index (χ2v) is 6.06. The fraction of sp³-hybridized carbons (Fsp3) is 0.625. The van der Waals surface area contributed by atoms with E-state index >= 15 is 0 Å². The van der Waals surface area contributed by atoms with Crippen LogP contribution in [0.15, 0.2) is 18.3 Å². The van der Waals surface area contributed by atoms with Gasteiger partial charge in [-0.3, -0.25) is 4.79 Å². The molecule has 6 heteroatoms. The van der Waals surface area contributed by atoms with E-state index in [1.807, 2.05) is 20.2 Å². The van der Waals surface area contributed by atoms with Crippen LogP contribution in [0.5, 0.6) is 0 Å². The zero-order chi connectivity index (χ0) is 15.8. The van der Waals surface area contributed by atoms with Gasteiger partial charge in [-0.2, -0.15) is 0 Å². The van der Waals surface area contributed by atoms with Crippen molar-refractivity contribution in [3.63, 3.8) is 0 Å². The van der Waals surface area contributed by atoms with Gasteiger partial charge >= 0.3 is 0 Å². The molecule has 1 saturated heterocycles. The molecule has 22 heavy (non-hydrogen) atoms. The lowest BCUT2D eigenvalue weighted by molar-refractivity contribution is 0.0944. The fourth-order valence-corrected chi connectivity index (χ4v) is 2.50. The van der Waals surface area contributed by atoms with Crippen molar-refractivity contribution in [2.45, 2.75) is 12.8 Å². The first kappa shape index (κ1) is 16.7. The highest BCUT2D eigenvalue weighted by Crippen LogP contribution is 2.11. The van der Waals surface area contributed by atoms with Gasteiger partial charge in [-0.1, -0.05) is 0 Å². The molecule has 0 unspecified atom stereocenters. The molecular weight excluding hydrogens is 278 g/mol. The van der Waals surface area contributed by atoms with Crippen LogP contribution in [0.3, 0.4) is 0 Å². The van der Waals surface area contributed by atoms with Gasteiger partial charge in [0.2, 0.25) is 0 Å². The molecule has 0 saturated carbocycles. The van der Waals surface area contributed by atoms with Crippen LogP contribution in [0.25, 0.3) is 0 Å². The maximum atomic E-state index is 12.2. The first-order valence-corrected chi connectivity index (χ1v) is 7.98. The van der Waals surface area contributed by atoms with Gasteiger partial charge < -0.3 is 20.9 Å². The van der Waals surface area contributed by atoms with Crippen LogP contribution in [0.1, 0.15) is 23.2 Å². The van der Waals surface area contributed by atoms with Crippen molar-refractivity contribution in [2.24, 2.45) is 5.92 Å². The topological polar surface area (TPSA) is 69.3 Å². The van der Waals surface area contributed by atoms with Gasteiger partial charge in [0.15, 0.2) is 0 Å². The Morgan fingerprint density at radius 3 is 2.91 bits per heavy atom. The van der Waals surface area contributed by atoms with E-state index in [-0.39, 0.29) is 5.91 Å². The quantitative estimate of drug-likeness (QED) is 0.695. The number of rotatable bonds is 7. The molecule has 0 bridgehead atoms. The van der Waals surface area contributed by atoms with Crippen molar-refractivity contribution < 1.29 is 4.79 Å². The van der Waals surface area contributed by atoms with Gasteiger partial charge in [-0.25, -0.2) is 4.98 Å². The van der Waals surface area contributed by atoms with Crippen LogP contribution in [0.2, 0.25) is 0 Å². The van der Waals surface area contributed by atoms with Gasteiger partial charge in [0.1, 0.15) is 5.82 Å². The molecule has 0 aromatic carbocycles. The standard InChI is InChI=1S/C16H27N5O/c1-21(2)10-9-19-15-11-14(5-8-18-15)16(22)20-12-13-3-6-17-7-4-13/h5,8,11,13,17H,3-4,6-7,9-10,12H2,1-2H3,(H,18,19)(H,20,22). The Morgan fingerprint density at radius 2 is 2.18 bits per heavy atom. The number of hydrogen-bond donors (Lipinski definition) is 3. The molecule has 0 radical (unpaired) electrons. The Labute approximate surface area is 132 Å². The summed E-state index contributed by atoms with van der Waals surface area (Å²) in [7, 11) is 4.06. The summed E-state index contributed by atoms with van der Waals surface area (Å²) in [5.74, 6) is 1.32. The number of piperidine rings is 1. The van der Waals surface area contributed by atoms with E-state index in [2.05, 4.69) is 25.8 Å². The molecule has 3 N–H and O–H groups in total. The molecule has 1 fully saturated rings. The maximum Gasteiger partial charge on any atom is 0.251 e. The highest BCUT2D eigenvalue weighted by molar-refractivity contribution is 5.94. The number of pyridine rings is 1. The summed E-state index contributed by atoms with van der Waals surface area (Å²) >= 11 is 0. The minimum absolute atomic E-state index is 0.0170. The zero-order valence-electron chi connectivity index (χ0n) is 13.6. The zero-order valence-corrected chi connectivity index (χ0v) is 13.6. The summed E-state index contributed by atoms with van der Waals surface area (Å²) in [6, 6.07) is 3.57. The molecule has 1 aromatic rings. The third-order valence-electron chi connectivity index (χ3n) is 3.90. The second kappa shape index (κ2) is 8.70. The lowest BCUT2D eigenvalue weighted by Crippen LogP contribution is -2.36. The van der Waals surface area contributed by atoms with Crippen LogP contribution in [-0.4, -0.2) is 62.6 Å². The second-order valence-electron chi connectivity index (χ2n) is 6.06. The number of carbonyl (C=O) groups excluding carboxylic acids is 1. The minimum atomic E-state index is -0.0170. The lowest BCUT2D eigenvalue weighted by Gasteiger charge is -2.22. The average molecular weight is 305 g/mol. The number of amides is 1. The van der Waals surface area contributed by atoms with Gasteiger partial charge in [0, 0.05) is 31.4 Å². The van der Waals surface area contributed by atoms with E-state index in [0.29, 0.717) is 11.5 Å². The predicted molar refractivity (Wildman–Crippen MR) is 89.2 cm³/mol. The van der Waals surface area contributed by atoms with E-state index in [0.717, 1.165) is 51.4 Å². The first-order chi connectivity index (χ1) is 10.6. The monoisotopic (exact) mass is 305 g/mol. The van der Waals surface area contributed by atoms with Gasteiger partial charge in [0.05, 0.1) is 0 Å². The van der Waals surface area contributed by atoms with E-state index in [1.54, 1.807) is 12.3 Å². The minimum Gasteiger partial charge on any atom is -0.369 e. The predicted octanol–water partition coefficient (Wildman–Crippen LogP) is 0.785. The van der Waals surface area contributed by atoms with E-state index in [1.165, 1.54) is 0 Å². The Hall–Kier alpha value is -1.66. The van der Waals surface area contributed by atoms with Crippen LogP contribution >= 0.6 is 0 Å². The first-order valence-electron chi connectivity index (χ1n) is 7.98. The molecule has 2 heterocycles. The van der Waals surface area contributed by atoms with E-state index in [9.17, 15) is 4.79 Å². The number of nitrogens with one attached hydrogen (secondary N) is 3. The Kier molecular flexibility index (Phi) is 6.61. The van der Waals surface area contributed by atoms with Crippen molar-refractivity contribution in [3.05, 3.63) is 23.9 Å². The van der Waals surface area contributed by atoms with Crippen LogP contribution in [-0.2, 0) is 0 Å². The van der Waals surface area contributed by atoms with Gasteiger partial charge in [-0.15, -0.1) is 0 Å². The highest BCUT2D eigenvalue weighted by atomic mass is 16.1. The normalized spacial score (nSPS) is 15.8. The molecule has 6 nitrogen and oxygen atoms in total. The molecule has 0 atom stereocenters. The number of carbonyl (C=O) groups is 1. The molecule has 0 spiro atoms. The SMILES string of the molecule is CN(C)CCNc1cc(C(=O)NCC2CCNCC2)ccn1. The average Bonchev–Trinajstić information content (AvgIpc) is 2.53. The molecule has 1 aliphatic heterocycles. The van der Waals surface area contributed by atoms with E-state index in [4.69, 9.17) is 0 Å². The summed E-state index contributed by atoms with van der Waals surface area (Å²) in [6.07, 6.45) is 3.94. The fourth-order valence-electron chi connectivity index (χ4n) is 2.50. The molecule has 0 aliphatic carbocycles. The number of aromatic nitrogens is 1. The number of hydrogen-bond acceptors (Lipinski definition) is 5. The Balaban J connectivity index is 1.81. The van der Waals surface area contributed by atoms with Crippen molar-refractivity contribution in [3.8, 4) is 0 Å². The van der Waals surface area contributed by atoms with Crippen molar-refractivity contribution in [1.29, 1.82) is 0 Å². The van der Waals surface area contributed by atoms with Crippen molar-refractivity contribution >= 4 is 11.7 Å². The molecule has 1 aromatic heterocycles. The number of nitrogens with zero attached hydrogens (tertiary/aromatic N) is 2. The van der Waals surface area contributed by atoms with Crippen LogP contribution in [0.4, 0.5) is 5.82 Å². The Bertz CT molecular complexity index is 471. The number of likely N-dealkylation sites (N-methyl/N-ethyl adjacent to an activating group) is 1. The van der Waals surface area contributed by atoms with Crippen molar-refractivity contribution in [1.82, 2.24) is 20.5 Å². The van der Waals surface area contributed by atoms with Crippen LogP contribution in [0, 0.1) is 5.92 Å². The summed E-state index contributed by atoms with van der Waals surface area (Å²) in [5, 5.41) is 9.61. The maximum absolute atomic E-state index is 12.2. The molecular formula is C16H27N5O. The molecule has 2 rings (SSSR count). The summed E-state index contributed by atoms with van der Waals surface area (Å²) in [5.41, 5.74) is 0.663.